The summed E-state index contributed by atoms with van der Waals surface area (Å²) in [6.07, 6.45) is 15.2. The van der Waals surface area contributed by atoms with Crippen LogP contribution in [0.3, 0.4) is 0 Å². The Morgan fingerprint density at radius 1 is 0.862 bits per heavy atom. The van der Waals surface area contributed by atoms with E-state index in [-0.39, 0.29) is 0 Å². The van der Waals surface area contributed by atoms with Gasteiger partial charge in [0.05, 0.1) is 25.2 Å². The van der Waals surface area contributed by atoms with Crippen LogP contribution in [0.1, 0.15) is 83.6 Å². The number of hydrogen-bond donors (Lipinski definition) is 0. The first-order chi connectivity index (χ1) is 14.2. The van der Waals surface area contributed by atoms with E-state index in [1.54, 1.807) is 19.3 Å². The number of aryl methyl sites for hydroxylation is 1. The third-order valence-electron chi connectivity index (χ3n) is 5.17. The van der Waals surface area contributed by atoms with Gasteiger partial charge in [-0.15, -0.1) is 0 Å². The summed E-state index contributed by atoms with van der Waals surface area (Å²) in [7, 11) is 0. The van der Waals surface area contributed by atoms with Crippen LogP contribution in [0.15, 0.2) is 36.7 Å². The number of ether oxygens (including phenoxy) is 1. The summed E-state index contributed by atoms with van der Waals surface area (Å²) in [6.45, 7) is 4.60. The Morgan fingerprint density at radius 3 is 2.21 bits per heavy atom. The molecule has 0 spiro atoms. The summed E-state index contributed by atoms with van der Waals surface area (Å²) in [5.74, 6) is 1.46. The molecule has 0 radical (unpaired) electrons. The minimum atomic E-state index is -0.679. The molecule has 1 atom stereocenters. The molecule has 0 aliphatic heterocycles. The Kier molecular flexibility index (Phi) is 11.3. The van der Waals surface area contributed by atoms with E-state index in [4.69, 9.17) is 4.74 Å². The van der Waals surface area contributed by atoms with E-state index in [9.17, 15) is 4.39 Å². The van der Waals surface area contributed by atoms with E-state index in [0.717, 1.165) is 55.8 Å². The second-order valence-electron chi connectivity index (χ2n) is 7.94. The molecule has 0 amide bonds. The van der Waals surface area contributed by atoms with Crippen molar-refractivity contribution < 1.29 is 9.13 Å². The van der Waals surface area contributed by atoms with Gasteiger partial charge in [-0.25, -0.2) is 14.4 Å². The highest BCUT2D eigenvalue weighted by molar-refractivity contribution is 5.55. The van der Waals surface area contributed by atoms with Gasteiger partial charge >= 0.3 is 0 Å². The van der Waals surface area contributed by atoms with E-state index in [2.05, 4.69) is 41.2 Å². The van der Waals surface area contributed by atoms with Crippen LogP contribution >= 0.6 is 0 Å². The summed E-state index contributed by atoms with van der Waals surface area (Å²) < 4.78 is 18.5. The Morgan fingerprint density at radius 2 is 1.52 bits per heavy atom. The molecule has 1 heterocycles. The molecule has 0 saturated carbocycles. The van der Waals surface area contributed by atoms with Crippen molar-refractivity contribution in [2.45, 2.75) is 90.6 Å². The van der Waals surface area contributed by atoms with Gasteiger partial charge in [0.15, 0.2) is 11.6 Å². The molecule has 4 heteroatoms. The number of halogens is 1. The second kappa shape index (κ2) is 14.1. The second-order valence-corrected chi connectivity index (χ2v) is 7.94. The van der Waals surface area contributed by atoms with Gasteiger partial charge in [0.25, 0.3) is 0 Å². The van der Waals surface area contributed by atoms with Crippen LogP contribution in [0, 0.1) is 0 Å². The third-order valence-corrected chi connectivity index (χ3v) is 5.17. The maximum Gasteiger partial charge on any atom is 0.159 e. The third kappa shape index (κ3) is 9.87. The number of alkyl halides is 1. The monoisotopic (exact) mass is 400 g/mol. The predicted molar refractivity (Wildman–Crippen MR) is 119 cm³/mol. The van der Waals surface area contributed by atoms with Crippen LogP contribution in [-0.2, 0) is 6.42 Å². The van der Waals surface area contributed by atoms with Crippen molar-refractivity contribution in [1.29, 1.82) is 0 Å². The van der Waals surface area contributed by atoms with Crippen LogP contribution in [-0.4, -0.2) is 22.7 Å². The zero-order valence-electron chi connectivity index (χ0n) is 18.2. The van der Waals surface area contributed by atoms with E-state index in [1.165, 1.54) is 37.7 Å². The van der Waals surface area contributed by atoms with Crippen molar-refractivity contribution in [2.24, 2.45) is 0 Å². The average molecular weight is 401 g/mol. The van der Waals surface area contributed by atoms with Gasteiger partial charge in [-0.3, -0.25) is 0 Å². The molecule has 0 N–H and O–H groups in total. The fourth-order valence-electron chi connectivity index (χ4n) is 3.36. The lowest BCUT2D eigenvalue weighted by atomic mass is 10.0. The molecule has 0 fully saturated rings. The van der Waals surface area contributed by atoms with E-state index in [0.29, 0.717) is 6.42 Å². The maximum absolute atomic E-state index is 12.8. The van der Waals surface area contributed by atoms with Crippen molar-refractivity contribution in [3.63, 3.8) is 0 Å². The van der Waals surface area contributed by atoms with Crippen LogP contribution in [0.25, 0.3) is 11.4 Å². The minimum Gasteiger partial charge on any atom is -0.490 e. The highest BCUT2D eigenvalue weighted by atomic mass is 19.1. The van der Waals surface area contributed by atoms with Gasteiger partial charge in [-0.1, -0.05) is 76.1 Å². The van der Waals surface area contributed by atoms with Gasteiger partial charge in [0, 0.05) is 5.56 Å². The molecule has 2 aromatic rings. The minimum absolute atomic E-state index is 0.676. The fraction of sp³-hybridized carbons (Fsp3) is 0.600. The predicted octanol–water partition coefficient (Wildman–Crippen LogP) is 7.34. The van der Waals surface area contributed by atoms with E-state index < -0.39 is 6.17 Å². The number of rotatable bonds is 15. The molecule has 3 nitrogen and oxygen atoms in total. The molecular weight excluding hydrogens is 363 g/mol. The number of aromatic nitrogens is 2. The molecule has 2 rings (SSSR count). The van der Waals surface area contributed by atoms with E-state index >= 15 is 0 Å². The first kappa shape index (κ1) is 23.3. The Balaban J connectivity index is 1.69. The standard InChI is InChI=1S/C25H37FN2O/c1-3-4-5-6-7-11-18-29-24-19-27-25(28-20-24)23-16-14-22(15-17-23)13-10-8-9-12-21(2)26/h14-17,19-21H,3-13,18H2,1-2H3. The summed E-state index contributed by atoms with van der Waals surface area (Å²) in [5.41, 5.74) is 2.32. The normalized spacial score (nSPS) is 12.1. The number of unbranched alkanes of at least 4 members (excludes halogenated alkanes) is 7. The maximum atomic E-state index is 12.8. The molecule has 1 aromatic carbocycles. The molecule has 1 unspecified atom stereocenters. The number of hydrogen-bond acceptors (Lipinski definition) is 3. The van der Waals surface area contributed by atoms with Crippen molar-refractivity contribution in [1.82, 2.24) is 9.97 Å². The first-order valence-electron chi connectivity index (χ1n) is 11.4. The Hall–Kier alpha value is -1.97. The first-order valence-corrected chi connectivity index (χ1v) is 11.4. The summed E-state index contributed by atoms with van der Waals surface area (Å²) in [5, 5.41) is 0. The van der Waals surface area contributed by atoms with Gasteiger partial charge in [-0.2, -0.15) is 0 Å². The zero-order chi connectivity index (χ0) is 20.7. The number of nitrogens with zero attached hydrogens (tertiary/aromatic N) is 2. The lowest BCUT2D eigenvalue weighted by Crippen LogP contribution is -1.99. The van der Waals surface area contributed by atoms with Crippen LogP contribution in [0.5, 0.6) is 5.75 Å². The van der Waals surface area contributed by atoms with Gasteiger partial charge in [0.2, 0.25) is 0 Å². The molecule has 1 aromatic heterocycles. The van der Waals surface area contributed by atoms with Gasteiger partial charge in [0.1, 0.15) is 0 Å². The van der Waals surface area contributed by atoms with E-state index in [1.807, 2.05) is 0 Å². The van der Waals surface area contributed by atoms with Crippen molar-refractivity contribution >= 4 is 0 Å². The molecule has 0 saturated heterocycles. The van der Waals surface area contributed by atoms with Crippen LogP contribution in [0.4, 0.5) is 4.39 Å². The lowest BCUT2D eigenvalue weighted by Gasteiger charge is -2.07. The summed E-state index contributed by atoms with van der Waals surface area (Å²) >= 11 is 0. The highest BCUT2D eigenvalue weighted by Gasteiger charge is 2.03. The summed E-state index contributed by atoms with van der Waals surface area (Å²) in [6, 6.07) is 8.43. The van der Waals surface area contributed by atoms with Gasteiger partial charge in [-0.05, 0) is 38.2 Å². The average Bonchev–Trinajstić information content (AvgIpc) is 2.74. The molecule has 160 valence electrons. The Bertz CT molecular complexity index is 656. The molecule has 0 bridgehead atoms. The number of benzene rings is 1. The fourth-order valence-corrected chi connectivity index (χ4v) is 3.36. The Labute approximate surface area is 176 Å². The molecular formula is C25H37FN2O. The van der Waals surface area contributed by atoms with Crippen molar-refractivity contribution in [3.05, 3.63) is 42.2 Å². The summed E-state index contributed by atoms with van der Waals surface area (Å²) in [4.78, 5) is 8.90. The lowest BCUT2D eigenvalue weighted by molar-refractivity contribution is 0.302. The zero-order valence-corrected chi connectivity index (χ0v) is 18.2. The van der Waals surface area contributed by atoms with Crippen LogP contribution < -0.4 is 4.74 Å². The smallest absolute Gasteiger partial charge is 0.159 e. The quantitative estimate of drug-likeness (QED) is 0.293. The highest BCUT2D eigenvalue weighted by Crippen LogP contribution is 2.19. The largest absolute Gasteiger partial charge is 0.490 e. The molecule has 29 heavy (non-hydrogen) atoms. The molecule has 0 aliphatic rings. The van der Waals surface area contributed by atoms with Gasteiger partial charge < -0.3 is 4.74 Å². The van der Waals surface area contributed by atoms with Crippen molar-refractivity contribution in [3.8, 4) is 17.1 Å². The van der Waals surface area contributed by atoms with Crippen LogP contribution in [0.2, 0.25) is 0 Å². The topological polar surface area (TPSA) is 35.0 Å². The SMILES string of the molecule is CCCCCCCCOc1cnc(-c2ccc(CCCCCC(C)F)cc2)nc1. The molecule has 0 aliphatic carbocycles. The van der Waals surface area contributed by atoms with Crippen molar-refractivity contribution in [2.75, 3.05) is 6.61 Å².